The van der Waals surface area contributed by atoms with E-state index in [4.69, 9.17) is 0 Å². The van der Waals surface area contributed by atoms with Crippen LogP contribution < -0.4 is 4.72 Å². The molecule has 0 radical (unpaired) electrons. The molecule has 0 aliphatic carbocycles. The Bertz CT molecular complexity index is 607. The lowest BCUT2D eigenvalue weighted by molar-refractivity contribution is 0.578. The summed E-state index contributed by atoms with van der Waals surface area (Å²) in [4.78, 5) is 10.5. The van der Waals surface area contributed by atoms with Crippen molar-refractivity contribution in [2.45, 2.75) is 18.4 Å². The monoisotopic (exact) mass is 266 g/mol. The lowest BCUT2D eigenvalue weighted by Gasteiger charge is -2.04. The topological polar surface area (TPSA) is 87.7 Å². The Morgan fingerprint density at radius 1 is 1.33 bits per heavy atom. The van der Waals surface area contributed by atoms with Gasteiger partial charge in [0, 0.05) is 18.9 Å². The van der Waals surface area contributed by atoms with Gasteiger partial charge in [0.25, 0.3) is 10.0 Å². The van der Waals surface area contributed by atoms with E-state index in [9.17, 15) is 8.42 Å². The van der Waals surface area contributed by atoms with Crippen LogP contribution in [0.3, 0.4) is 0 Å². The lowest BCUT2D eigenvalue weighted by atomic mass is 10.2. The smallest absolute Gasteiger partial charge is 0.257 e. The molecule has 2 aromatic heterocycles. The molecule has 0 fully saturated rings. The van der Waals surface area contributed by atoms with E-state index in [1.807, 2.05) is 12.1 Å². The van der Waals surface area contributed by atoms with Crippen LogP contribution in [0.5, 0.6) is 0 Å². The first-order chi connectivity index (χ1) is 8.58. The molecule has 18 heavy (non-hydrogen) atoms. The third-order valence-electron chi connectivity index (χ3n) is 2.42. The SMILES string of the molecule is Cc1ncc(S(=O)(=O)NCCc2ccncc2)[nH]1. The van der Waals surface area contributed by atoms with E-state index in [-0.39, 0.29) is 5.03 Å². The number of hydrogen-bond donors (Lipinski definition) is 2. The van der Waals surface area contributed by atoms with Gasteiger partial charge in [-0.25, -0.2) is 18.1 Å². The highest BCUT2D eigenvalue weighted by molar-refractivity contribution is 7.89. The zero-order chi connectivity index (χ0) is 13.0. The van der Waals surface area contributed by atoms with E-state index < -0.39 is 10.0 Å². The molecule has 0 saturated heterocycles. The fraction of sp³-hybridized carbons (Fsp3) is 0.273. The molecule has 0 unspecified atom stereocenters. The highest BCUT2D eigenvalue weighted by Crippen LogP contribution is 2.05. The van der Waals surface area contributed by atoms with Crippen LogP contribution in [-0.2, 0) is 16.4 Å². The molecule has 0 saturated carbocycles. The van der Waals surface area contributed by atoms with Crippen molar-refractivity contribution in [1.29, 1.82) is 0 Å². The number of H-pyrrole nitrogens is 1. The maximum atomic E-state index is 11.8. The quantitative estimate of drug-likeness (QED) is 0.831. The molecule has 7 heteroatoms. The Hall–Kier alpha value is -1.73. The molecule has 0 bridgehead atoms. The second kappa shape index (κ2) is 5.28. The fourth-order valence-corrected chi connectivity index (χ4v) is 2.49. The number of aromatic nitrogens is 3. The maximum absolute atomic E-state index is 11.8. The van der Waals surface area contributed by atoms with E-state index in [1.165, 1.54) is 6.20 Å². The zero-order valence-electron chi connectivity index (χ0n) is 9.92. The molecule has 2 rings (SSSR count). The van der Waals surface area contributed by atoms with Crippen molar-refractivity contribution in [3.8, 4) is 0 Å². The Morgan fingerprint density at radius 3 is 2.67 bits per heavy atom. The summed E-state index contributed by atoms with van der Waals surface area (Å²) in [6.45, 7) is 2.04. The number of nitrogens with one attached hydrogen (secondary N) is 2. The van der Waals surface area contributed by atoms with Crippen molar-refractivity contribution in [3.63, 3.8) is 0 Å². The van der Waals surface area contributed by atoms with Gasteiger partial charge < -0.3 is 4.98 Å². The predicted octanol–water partition coefficient (Wildman–Crippen LogP) is 0.634. The van der Waals surface area contributed by atoms with Crippen molar-refractivity contribution in [3.05, 3.63) is 42.1 Å². The van der Waals surface area contributed by atoms with Gasteiger partial charge in [-0.15, -0.1) is 0 Å². The standard InChI is InChI=1S/C11H14N4O2S/c1-9-13-8-11(15-9)18(16,17)14-7-4-10-2-5-12-6-3-10/h2-3,5-6,8,14H,4,7H2,1H3,(H,13,15). The minimum atomic E-state index is -3.49. The minimum absolute atomic E-state index is 0.0923. The molecule has 0 atom stereocenters. The van der Waals surface area contributed by atoms with Gasteiger partial charge in [0.1, 0.15) is 5.82 Å². The largest absolute Gasteiger partial charge is 0.332 e. The fourth-order valence-electron chi connectivity index (χ4n) is 1.49. The number of aryl methyl sites for hydroxylation is 1. The lowest BCUT2D eigenvalue weighted by Crippen LogP contribution is -2.26. The summed E-state index contributed by atoms with van der Waals surface area (Å²) >= 11 is 0. The molecule has 2 heterocycles. The Morgan fingerprint density at radius 2 is 2.06 bits per heavy atom. The summed E-state index contributed by atoms with van der Waals surface area (Å²) in [7, 11) is -3.49. The van der Waals surface area contributed by atoms with E-state index in [0.717, 1.165) is 5.56 Å². The summed E-state index contributed by atoms with van der Waals surface area (Å²) in [5, 5.41) is 0.0923. The van der Waals surface area contributed by atoms with E-state index in [0.29, 0.717) is 18.8 Å². The summed E-state index contributed by atoms with van der Waals surface area (Å²) in [5.41, 5.74) is 1.04. The van der Waals surface area contributed by atoms with E-state index in [2.05, 4.69) is 19.7 Å². The number of imidazole rings is 1. The summed E-state index contributed by atoms with van der Waals surface area (Å²) < 4.78 is 26.2. The zero-order valence-corrected chi connectivity index (χ0v) is 10.7. The highest BCUT2D eigenvalue weighted by atomic mass is 32.2. The van der Waals surface area contributed by atoms with Gasteiger partial charge in [0.2, 0.25) is 0 Å². The van der Waals surface area contributed by atoms with Crippen molar-refractivity contribution in [2.24, 2.45) is 0 Å². The molecule has 96 valence electrons. The Labute approximate surface area is 106 Å². The average molecular weight is 266 g/mol. The van der Waals surface area contributed by atoms with Gasteiger partial charge in [0.15, 0.2) is 5.03 Å². The van der Waals surface area contributed by atoms with Crippen LogP contribution >= 0.6 is 0 Å². The number of pyridine rings is 1. The molecular formula is C11H14N4O2S. The molecule has 0 aliphatic rings. The van der Waals surface area contributed by atoms with Crippen molar-refractivity contribution >= 4 is 10.0 Å². The van der Waals surface area contributed by atoms with Gasteiger partial charge >= 0.3 is 0 Å². The van der Waals surface area contributed by atoms with Gasteiger partial charge in [-0.3, -0.25) is 4.98 Å². The predicted molar refractivity (Wildman–Crippen MR) is 66.5 cm³/mol. The van der Waals surface area contributed by atoms with Crippen LogP contribution in [0.2, 0.25) is 0 Å². The first kappa shape index (κ1) is 12.7. The molecule has 2 N–H and O–H groups in total. The molecule has 0 aliphatic heterocycles. The summed E-state index contributed by atoms with van der Waals surface area (Å²) in [6, 6.07) is 3.71. The number of hydrogen-bond acceptors (Lipinski definition) is 4. The Balaban J connectivity index is 1.94. The number of nitrogens with zero attached hydrogens (tertiary/aromatic N) is 2. The van der Waals surface area contributed by atoms with Gasteiger partial charge in [-0.1, -0.05) is 0 Å². The third kappa shape index (κ3) is 3.14. The van der Waals surface area contributed by atoms with Gasteiger partial charge in [-0.2, -0.15) is 0 Å². The second-order valence-corrected chi connectivity index (χ2v) is 5.57. The third-order valence-corrected chi connectivity index (χ3v) is 3.79. The van der Waals surface area contributed by atoms with Crippen LogP contribution in [0, 0.1) is 6.92 Å². The number of aromatic amines is 1. The van der Waals surface area contributed by atoms with Crippen LogP contribution in [0.4, 0.5) is 0 Å². The van der Waals surface area contributed by atoms with Gasteiger partial charge in [0.05, 0.1) is 6.20 Å². The summed E-state index contributed by atoms with van der Waals surface area (Å²) in [6.07, 6.45) is 5.29. The molecule has 0 amide bonds. The average Bonchev–Trinajstić information content (AvgIpc) is 2.78. The van der Waals surface area contributed by atoms with Crippen LogP contribution in [0.1, 0.15) is 11.4 Å². The van der Waals surface area contributed by atoms with Crippen molar-refractivity contribution in [1.82, 2.24) is 19.7 Å². The molecular weight excluding hydrogens is 252 g/mol. The normalized spacial score (nSPS) is 11.6. The van der Waals surface area contributed by atoms with Crippen molar-refractivity contribution < 1.29 is 8.42 Å². The highest BCUT2D eigenvalue weighted by Gasteiger charge is 2.15. The second-order valence-electron chi connectivity index (χ2n) is 3.84. The summed E-state index contributed by atoms with van der Waals surface area (Å²) in [5.74, 6) is 0.574. The van der Waals surface area contributed by atoms with E-state index in [1.54, 1.807) is 19.3 Å². The van der Waals surface area contributed by atoms with Crippen LogP contribution in [0.25, 0.3) is 0 Å². The minimum Gasteiger partial charge on any atom is -0.332 e. The van der Waals surface area contributed by atoms with Gasteiger partial charge in [-0.05, 0) is 31.0 Å². The Kier molecular flexibility index (Phi) is 3.73. The van der Waals surface area contributed by atoms with E-state index >= 15 is 0 Å². The molecule has 0 aromatic carbocycles. The molecule has 0 spiro atoms. The maximum Gasteiger partial charge on any atom is 0.257 e. The first-order valence-electron chi connectivity index (χ1n) is 5.48. The molecule has 2 aromatic rings. The number of rotatable bonds is 5. The number of sulfonamides is 1. The van der Waals surface area contributed by atoms with Crippen molar-refractivity contribution in [2.75, 3.05) is 6.54 Å². The first-order valence-corrected chi connectivity index (χ1v) is 6.96. The van der Waals surface area contributed by atoms with Crippen LogP contribution in [0.15, 0.2) is 35.7 Å². The molecule has 6 nitrogen and oxygen atoms in total. The van der Waals surface area contributed by atoms with Crippen LogP contribution in [-0.4, -0.2) is 29.9 Å².